The molecule has 0 atom stereocenters. The van der Waals surface area contributed by atoms with Gasteiger partial charge in [0.1, 0.15) is 16.5 Å². The molecular weight excluding hydrogens is 305 g/mol. The van der Waals surface area contributed by atoms with E-state index in [1.807, 2.05) is 6.92 Å². The van der Waals surface area contributed by atoms with Crippen LogP contribution in [0.1, 0.15) is 22.4 Å². The predicted octanol–water partition coefficient (Wildman–Crippen LogP) is 2.88. The second kappa shape index (κ2) is 6.02. The van der Waals surface area contributed by atoms with Crippen molar-refractivity contribution in [3.05, 3.63) is 46.9 Å². The first-order valence-corrected chi connectivity index (χ1v) is 7.42. The molecule has 3 aromatic rings. The van der Waals surface area contributed by atoms with E-state index >= 15 is 0 Å². The van der Waals surface area contributed by atoms with Crippen molar-refractivity contribution in [3.8, 4) is 11.3 Å². The van der Waals surface area contributed by atoms with E-state index in [-0.39, 0.29) is 11.7 Å². The molecule has 0 aliphatic carbocycles. The van der Waals surface area contributed by atoms with Gasteiger partial charge < -0.3 is 0 Å². The summed E-state index contributed by atoms with van der Waals surface area (Å²) in [4.78, 5) is 12.1. The van der Waals surface area contributed by atoms with Crippen LogP contribution in [0.3, 0.4) is 0 Å². The number of amides is 1. The van der Waals surface area contributed by atoms with E-state index in [1.165, 1.54) is 23.5 Å². The van der Waals surface area contributed by atoms with Gasteiger partial charge in [0, 0.05) is 5.56 Å². The van der Waals surface area contributed by atoms with Gasteiger partial charge in [-0.2, -0.15) is 5.10 Å². The number of rotatable bonds is 4. The summed E-state index contributed by atoms with van der Waals surface area (Å²) in [5.41, 5.74) is 1.59. The van der Waals surface area contributed by atoms with Crippen LogP contribution in [0.25, 0.3) is 11.3 Å². The molecule has 3 rings (SSSR count). The predicted molar refractivity (Wildman–Crippen MR) is 81.2 cm³/mol. The van der Waals surface area contributed by atoms with Gasteiger partial charge in [-0.1, -0.05) is 18.3 Å². The highest BCUT2D eigenvalue weighted by Gasteiger charge is 2.13. The maximum atomic E-state index is 12.9. The fourth-order valence-corrected chi connectivity index (χ4v) is 2.49. The van der Waals surface area contributed by atoms with Crippen molar-refractivity contribution in [2.24, 2.45) is 0 Å². The zero-order chi connectivity index (χ0) is 15.5. The van der Waals surface area contributed by atoms with Gasteiger partial charge in [0.05, 0.1) is 5.69 Å². The van der Waals surface area contributed by atoms with Crippen LogP contribution in [-0.4, -0.2) is 26.3 Å². The summed E-state index contributed by atoms with van der Waals surface area (Å²) in [6, 6.07) is 7.50. The van der Waals surface area contributed by atoms with Crippen molar-refractivity contribution in [3.63, 3.8) is 0 Å². The third-order valence-corrected chi connectivity index (χ3v) is 3.94. The zero-order valence-electron chi connectivity index (χ0n) is 11.6. The van der Waals surface area contributed by atoms with Gasteiger partial charge in [0.2, 0.25) is 5.13 Å². The van der Waals surface area contributed by atoms with Crippen molar-refractivity contribution < 1.29 is 9.18 Å². The second-order valence-electron chi connectivity index (χ2n) is 4.48. The Kier molecular flexibility index (Phi) is 3.92. The molecule has 8 heteroatoms. The highest BCUT2D eigenvalue weighted by molar-refractivity contribution is 7.15. The summed E-state index contributed by atoms with van der Waals surface area (Å²) in [5.74, 6) is -0.667. The van der Waals surface area contributed by atoms with Crippen LogP contribution in [0.4, 0.5) is 9.52 Å². The zero-order valence-corrected chi connectivity index (χ0v) is 12.4. The Morgan fingerprint density at radius 1 is 1.32 bits per heavy atom. The van der Waals surface area contributed by atoms with Gasteiger partial charge in [-0.15, -0.1) is 10.2 Å². The number of hydrogen-bond donors (Lipinski definition) is 2. The molecule has 0 aliphatic rings. The Morgan fingerprint density at radius 3 is 2.77 bits per heavy atom. The number of anilines is 1. The maximum absolute atomic E-state index is 12.9. The molecule has 0 saturated heterocycles. The topological polar surface area (TPSA) is 83.6 Å². The Labute approximate surface area is 129 Å². The summed E-state index contributed by atoms with van der Waals surface area (Å²) < 4.78 is 12.9. The Hall–Kier alpha value is -2.61. The van der Waals surface area contributed by atoms with E-state index in [4.69, 9.17) is 0 Å². The number of halogens is 1. The van der Waals surface area contributed by atoms with Crippen molar-refractivity contribution in [2.45, 2.75) is 13.3 Å². The summed E-state index contributed by atoms with van der Waals surface area (Å²) in [5, 5.41) is 18.5. The average molecular weight is 317 g/mol. The van der Waals surface area contributed by atoms with Crippen LogP contribution in [-0.2, 0) is 6.42 Å². The lowest BCUT2D eigenvalue weighted by Crippen LogP contribution is -2.12. The molecule has 1 amide bonds. The summed E-state index contributed by atoms with van der Waals surface area (Å²) in [7, 11) is 0. The largest absolute Gasteiger partial charge is 0.295 e. The molecule has 0 radical (unpaired) electrons. The monoisotopic (exact) mass is 317 g/mol. The van der Waals surface area contributed by atoms with E-state index in [0.29, 0.717) is 16.5 Å². The molecular formula is C14H12FN5OS. The summed E-state index contributed by atoms with van der Waals surface area (Å²) >= 11 is 1.33. The fourth-order valence-electron chi connectivity index (χ4n) is 1.82. The molecule has 1 aromatic carbocycles. The van der Waals surface area contributed by atoms with Crippen LogP contribution < -0.4 is 5.32 Å². The van der Waals surface area contributed by atoms with Gasteiger partial charge in [-0.25, -0.2) is 4.39 Å². The molecule has 112 valence electrons. The minimum Gasteiger partial charge on any atom is -0.295 e. The van der Waals surface area contributed by atoms with E-state index in [9.17, 15) is 9.18 Å². The normalized spacial score (nSPS) is 10.6. The Morgan fingerprint density at radius 2 is 2.09 bits per heavy atom. The quantitative estimate of drug-likeness (QED) is 0.775. The van der Waals surface area contributed by atoms with Gasteiger partial charge in [-0.05, 0) is 36.8 Å². The molecule has 0 saturated carbocycles. The third kappa shape index (κ3) is 3.01. The van der Waals surface area contributed by atoms with Gasteiger partial charge in [-0.3, -0.25) is 15.2 Å². The number of hydrogen-bond acceptors (Lipinski definition) is 5. The van der Waals surface area contributed by atoms with Crippen LogP contribution in [0.5, 0.6) is 0 Å². The van der Waals surface area contributed by atoms with Crippen LogP contribution in [0, 0.1) is 5.82 Å². The molecule has 0 fully saturated rings. The SMILES string of the molecule is CCc1nnc(NC(=O)c2cc(-c3ccc(F)cc3)n[nH]2)s1. The minimum atomic E-state index is -0.348. The molecule has 2 aromatic heterocycles. The average Bonchev–Trinajstić information content (AvgIpc) is 3.17. The highest BCUT2D eigenvalue weighted by Crippen LogP contribution is 2.20. The number of benzene rings is 1. The lowest BCUT2D eigenvalue weighted by molar-refractivity contribution is 0.102. The van der Waals surface area contributed by atoms with Crippen LogP contribution in [0.15, 0.2) is 30.3 Å². The number of aromatic nitrogens is 4. The first kappa shape index (κ1) is 14.3. The van der Waals surface area contributed by atoms with Crippen molar-refractivity contribution in [1.82, 2.24) is 20.4 Å². The fraction of sp³-hybridized carbons (Fsp3) is 0.143. The molecule has 22 heavy (non-hydrogen) atoms. The van der Waals surface area contributed by atoms with Crippen LogP contribution in [0.2, 0.25) is 0 Å². The number of carbonyl (C=O) groups is 1. The molecule has 2 N–H and O–H groups in total. The van der Waals surface area contributed by atoms with E-state index < -0.39 is 0 Å². The number of nitrogens with zero attached hydrogens (tertiary/aromatic N) is 3. The van der Waals surface area contributed by atoms with Gasteiger partial charge in [0.15, 0.2) is 0 Å². The molecule has 6 nitrogen and oxygen atoms in total. The number of aryl methyl sites for hydroxylation is 1. The molecule has 0 spiro atoms. The van der Waals surface area contributed by atoms with Gasteiger partial charge in [0.25, 0.3) is 5.91 Å². The van der Waals surface area contributed by atoms with Crippen molar-refractivity contribution in [2.75, 3.05) is 5.32 Å². The standard InChI is InChI=1S/C14H12FN5OS/c1-2-12-19-20-14(22-12)16-13(21)11-7-10(17-18-11)8-3-5-9(15)6-4-8/h3-7H,2H2,1H3,(H,17,18)(H,16,20,21). The lowest BCUT2D eigenvalue weighted by Gasteiger charge is -1.96. The van der Waals surface area contributed by atoms with Crippen molar-refractivity contribution >= 4 is 22.4 Å². The van der Waals surface area contributed by atoms with E-state index in [1.54, 1.807) is 18.2 Å². The van der Waals surface area contributed by atoms with E-state index in [0.717, 1.165) is 17.0 Å². The minimum absolute atomic E-state index is 0.299. The highest BCUT2D eigenvalue weighted by atomic mass is 32.1. The number of H-pyrrole nitrogens is 1. The molecule has 0 unspecified atom stereocenters. The number of carbonyl (C=O) groups excluding carboxylic acids is 1. The van der Waals surface area contributed by atoms with E-state index in [2.05, 4.69) is 25.7 Å². The number of aromatic amines is 1. The smallest absolute Gasteiger partial charge is 0.275 e. The Balaban J connectivity index is 1.75. The molecule has 0 aliphatic heterocycles. The number of nitrogens with one attached hydrogen (secondary N) is 2. The summed E-state index contributed by atoms with van der Waals surface area (Å²) in [6.07, 6.45) is 0.770. The first-order valence-electron chi connectivity index (χ1n) is 6.61. The van der Waals surface area contributed by atoms with Gasteiger partial charge >= 0.3 is 0 Å². The Bertz CT molecular complexity index is 796. The first-order chi connectivity index (χ1) is 10.7. The summed E-state index contributed by atoms with van der Waals surface area (Å²) in [6.45, 7) is 1.97. The maximum Gasteiger partial charge on any atom is 0.275 e. The second-order valence-corrected chi connectivity index (χ2v) is 5.54. The third-order valence-electron chi connectivity index (χ3n) is 2.95. The van der Waals surface area contributed by atoms with Crippen LogP contribution >= 0.6 is 11.3 Å². The molecule has 0 bridgehead atoms. The lowest BCUT2D eigenvalue weighted by atomic mass is 10.1. The molecule has 2 heterocycles. The van der Waals surface area contributed by atoms with Crippen molar-refractivity contribution in [1.29, 1.82) is 0 Å².